The summed E-state index contributed by atoms with van der Waals surface area (Å²) in [6, 6.07) is 13.4. The van der Waals surface area contributed by atoms with Gasteiger partial charge >= 0.3 is 5.97 Å². The van der Waals surface area contributed by atoms with E-state index in [9.17, 15) is 9.59 Å². The van der Waals surface area contributed by atoms with E-state index in [1.54, 1.807) is 12.0 Å². The third-order valence-corrected chi connectivity index (χ3v) is 5.91. The molecule has 31 heavy (non-hydrogen) atoms. The van der Waals surface area contributed by atoms with E-state index in [1.807, 2.05) is 61.7 Å². The van der Waals surface area contributed by atoms with Crippen molar-refractivity contribution in [3.63, 3.8) is 0 Å². The number of ether oxygens (including phenoxy) is 2. The number of aryl methyl sites for hydroxylation is 2. The fraction of sp³-hybridized carbons (Fsp3) is 0.292. The zero-order valence-electron chi connectivity index (χ0n) is 18.2. The summed E-state index contributed by atoms with van der Waals surface area (Å²) >= 11 is 1.35. The minimum atomic E-state index is -0.307. The Labute approximate surface area is 186 Å². The molecule has 0 bridgehead atoms. The summed E-state index contributed by atoms with van der Waals surface area (Å²) < 4.78 is 10.7. The highest BCUT2D eigenvalue weighted by molar-refractivity contribution is 7.14. The van der Waals surface area contributed by atoms with Gasteiger partial charge in [0.25, 0.3) is 0 Å². The number of carbonyl (C=O) groups is 2. The fourth-order valence-corrected chi connectivity index (χ4v) is 4.09. The number of methoxy groups -OCH3 is 1. The molecule has 1 aromatic heterocycles. The molecular weight excluding hydrogens is 412 g/mol. The first-order valence-electron chi connectivity index (χ1n) is 9.99. The first-order valence-corrected chi connectivity index (χ1v) is 10.9. The predicted molar refractivity (Wildman–Crippen MR) is 122 cm³/mol. The van der Waals surface area contributed by atoms with Crippen LogP contribution in [-0.2, 0) is 27.4 Å². The molecule has 0 N–H and O–H groups in total. The molecule has 0 aliphatic carbocycles. The Bertz CT molecular complexity index is 1080. The lowest BCUT2D eigenvalue weighted by molar-refractivity contribution is -0.145. The Balaban J connectivity index is 1.63. The molecule has 162 valence electrons. The van der Waals surface area contributed by atoms with Crippen LogP contribution in [0.4, 0.5) is 10.8 Å². The van der Waals surface area contributed by atoms with Crippen LogP contribution in [0.5, 0.6) is 5.75 Å². The highest BCUT2D eigenvalue weighted by atomic mass is 32.1. The number of hydrogen-bond donors (Lipinski definition) is 0. The van der Waals surface area contributed by atoms with Crippen LogP contribution in [0.3, 0.4) is 0 Å². The molecule has 1 amide bonds. The summed E-state index contributed by atoms with van der Waals surface area (Å²) in [6.45, 7) is 5.58. The Morgan fingerprint density at radius 1 is 1.10 bits per heavy atom. The van der Waals surface area contributed by atoms with Crippen LogP contribution in [0.15, 0.2) is 47.8 Å². The molecule has 6 nitrogen and oxygen atoms in total. The van der Waals surface area contributed by atoms with Crippen LogP contribution < -0.4 is 9.64 Å². The minimum Gasteiger partial charge on any atom is -0.496 e. The van der Waals surface area contributed by atoms with Gasteiger partial charge in [0, 0.05) is 18.7 Å². The van der Waals surface area contributed by atoms with Crippen molar-refractivity contribution in [3.8, 4) is 5.75 Å². The molecule has 0 aliphatic rings. The highest BCUT2D eigenvalue weighted by Crippen LogP contribution is 2.32. The summed E-state index contributed by atoms with van der Waals surface area (Å²) in [5, 5.41) is 2.37. The minimum absolute atomic E-state index is 0.0692. The molecule has 3 aromatic rings. The van der Waals surface area contributed by atoms with Crippen molar-refractivity contribution >= 4 is 34.0 Å². The van der Waals surface area contributed by atoms with E-state index in [0.29, 0.717) is 17.2 Å². The van der Waals surface area contributed by atoms with Crippen LogP contribution >= 0.6 is 11.3 Å². The fourth-order valence-electron chi connectivity index (χ4n) is 3.22. The first-order chi connectivity index (χ1) is 14.9. The van der Waals surface area contributed by atoms with E-state index in [0.717, 1.165) is 28.1 Å². The lowest BCUT2D eigenvalue weighted by atomic mass is 10.1. The van der Waals surface area contributed by atoms with Gasteiger partial charge < -0.3 is 9.47 Å². The number of rotatable bonds is 8. The van der Waals surface area contributed by atoms with Gasteiger partial charge in [-0.25, -0.2) is 4.98 Å². The van der Waals surface area contributed by atoms with E-state index in [4.69, 9.17) is 9.47 Å². The van der Waals surface area contributed by atoms with Crippen molar-refractivity contribution in [2.24, 2.45) is 0 Å². The molecule has 7 heteroatoms. The molecule has 1 heterocycles. The number of amides is 1. The molecule has 0 saturated heterocycles. The van der Waals surface area contributed by atoms with Gasteiger partial charge in [-0.2, -0.15) is 0 Å². The lowest BCUT2D eigenvalue weighted by Crippen LogP contribution is -2.23. The number of anilines is 2. The van der Waals surface area contributed by atoms with Crippen LogP contribution in [0.25, 0.3) is 0 Å². The summed E-state index contributed by atoms with van der Waals surface area (Å²) in [6.07, 6.45) is 0.787. The second-order valence-electron chi connectivity index (χ2n) is 7.17. The average molecular weight is 439 g/mol. The highest BCUT2D eigenvalue weighted by Gasteiger charge is 2.20. The maximum Gasteiger partial charge on any atom is 0.306 e. The summed E-state index contributed by atoms with van der Waals surface area (Å²) in [7, 11) is 1.61. The molecule has 0 radical (unpaired) electrons. The largest absolute Gasteiger partial charge is 0.496 e. The van der Waals surface area contributed by atoms with Gasteiger partial charge in [-0.1, -0.05) is 30.3 Å². The summed E-state index contributed by atoms with van der Waals surface area (Å²) in [5.41, 5.74) is 4.51. The van der Waals surface area contributed by atoms with Crippen molar-refractivity contribution in [1.82, 2.24) is 4.98 Å². The van der Waals surface area contributed by atoms with E-state index in [-0.39, 0.29) is 24.9 Å². The number of esters is 1. The summed E-state index contributed by atoms with van der Waals surface area (Å²) in [4.78, 5) is 30.7. The second-order valence-corrected chi connectivity index (χ2v) is 8.00. The number of thiazole rings is 1. The predicted octanol–water partition coefficient (Wildman–Crippen LogP) is 5.13. The van der Waals surface area contributed by atoms with Crippen molar-refractivity contribution in [2.45, 2.75) is 40.2 Å². The normalized spacial score (nSPS) is 10.6. The second kappa shape index (κ2) is 10.2. The lowest BCUT2D eigenvalue weighted by Gasteiger charge is -2.21. The molecule has 0 saturated carbocycles. The molecule has 0 spiro atoms. The Morgan fingerprint density at radius 2 is 1.87 bits per heavy atom. The van der Waals surface area contributed by atoms with E-state index in [1.165, 1.54) is 18.3 Å². The maximum atomic E-state index is 12.4. The maximum absolute atomic E-state index is 12.4. The zero-order chi connectivity index (χ0) is 22.4. The SMILES string of the molecule is COc1ccccc1CCC(=O)OCc1csc(N(C(C)=O)c2cccc(C)c2C)n1. The first kappa shape index (κ1) is 22.5. The number of para-hydroxylation sites is 1. The van der Waals surface area contributed by atoms with Gasteiger partial charge in [0.05, 0.1) is 18.5 Å². The quantitative estimate of drug-likeness (QED) is 0.456. The molecule has 0 aliphatic heterocycles. The van der Waals surface area contributed by atoms with Gasteiger partial charge in [0.2, 0.25) is 5.91 Å². The molecule has 2 aromatic carbocycles. The van der Waals surface area contributed by atoms with Crippen molar-refractivity contribution in [3.05, 3.63) is 70.2 Å². The van der Waals surface area contributed by atoms with Gasteiger partial charge in [-0.05, 0) is 49.1 Å². The van der Waals surface area contributed by atoms with E-state index in [2.05, 4.69) is 4.98 Å². The standard InChI is InChI=1S/C24H26N2O4S/c1-16-8-7-10-21(17(16)2)26(18(3)27)24-25-20(15-31-24)14-30-23(28)13-12-19-9-5-6-11-22(19)29-4/h5-11,15H,12-14H2,1-4H3. The van der Waals surface area contributed by atoms with Crippen molar-refractivity contribution in [1.29, 1.82) is 0 Å². The number of nitrogens with zero attached hydrogens (tertiary/aromatic N) is 2. The average Bonchev–Trinajstić information content (AvgIpc) is 3.22. The molecule has 0 atom stereocenters. The number of aromatic nitrogens is 1. The topological polar surface area (TPSA) is 68.7 Å². The van der Waals surface area contributed by atoms with Crippen LogP contribution in [0, 0.1) is 13.8 Å². The van der Waals surface area contributed by atoms with Crippen molar-refractivity contribution < 1.29 is 19.1 Å². The molecular formula is C24H26N2O4S. The smallest absolute Gasteiger partial charge is 0.306 e. The van der Waals surface area contributed by atoms with Crippen LogP contribution in [0.2, 0.25) is 0 Å². The number of benzene rings is 2. The third-order valence-electron chi connectivity index (χ3n) is 5.03. The van der Waals surface area contributed by atoms with Gasteiger partial charge in [0.15, 0.2) is 5.13 Å². The van der Waals surface area contributed by atoms with Gasteiger partial charge in [0.1, 0.15) is 12.4 Å². The van der Waals surface area contributed by atoms with Gasteiger partial charge in [-0.3, -0.25) is 14.5 Å². The number of carbonyl (C=O) groups excluding carboxylic acids is 2. The van der Waals surface area contributed by atoms with Gasteiger partial charge in [-0.15, -0.1) is 11.3 Å². The third kappa shape index (κ3) is 5.49. The molecule has 3 rings (SSSR count). The monoisotopic (exact) mass is 438 g/mol. The number of hydrogen-bond acceptors (Lipinski definition) is 6. The molecule has 0 unspecified atom stereocenters. The Morgan fingerprint density at radius 3 is 2.61 bits per heavy atom. The van der Waals surface area contributed by atoms with Crippen molar-refractivity contribution in [2.75, 3.05) is 12.0 Å². The zero-order valence-corrected chi connectivity index (χ0v) is 19.0. The molecule has 0 fully saturated rings. The van der Waals surface area contributed by atoms with Crippen LogP contribution in [0.1, 0.15) is 35.7 Å². The van der Waals surface area contributed by atoms with Crippen LogP contribution in [-0.4, -0.2) is 24.0 Å². The summed E-state index contributed by atoms with van der Waals surface area (Å²) in [5.74, 6) is 0.331. The Hall–Kier alpha value is -3.19. The van der Waals surface area contributed by atoms with E-state index >= 15 is 0 Å². The van der Waals surface area contributed by atoms with E-state index < -0.39 is 0 Å². The Kier molecular flexibility index (Phi) is 7.41.